The molecule has 1 aromatic heterocycles. The Bertz CT molecular complexity index is 512. The summed E-state index contributed by atoms with van der Waals surface area (Å²) in [5, 5.41) is 0.0921. The highest BCUT2D eigenvalue weighted by atomic mass is 32.2. The summed E-state index contributed by atoms with van der Waals surface area (Å²) in [5.74, 6) is 0.340. The Labute approximate surface area is 114 Å². The molecule has 0 spiro atoms. The molecule has 19 heavy (non-hydrogen) atoms. The predicted molar refractivity (Wildman–Crippen MR) is 73.0 cm³/mol. The maximum absolute atomic E-state index is 12.1. The van der Waals surface area contributed by atoms with E-state index in [1.165, 1.54) is 6.33 Å². The van der Waals surface area contributed by atoms with E-state index in [1.807, 2.05) is 6.92 Å². The Morgan fingerprint density at radius 2 is 2.32 bits per heavy atom. The Kier molecular flexibility index (Phi) is 4.59. The molecule has 0 radical (unpaired) electrons. The monoisotopic (exact) mass is 286 g/mol. The lowest BCUT2D eigenvalue weighted by atomic mass is 9.86. The fourth-order valence-electron chi connectivity index (χ4n) is 2.47. The van der Waals surface area contributed by atoms with E-state index in [2.05, 4.69) is 9.71 Å². The molecule has 0 aromatic carbocycles. The third-order valence-corrected chi connectivity index (χ3v) is 4.94. The minimum Gasteiger partial charge on any atom is -0.336 e. The zero-order valence-electron chi connectivity index (χ0n) is 11.2. The summed E-state index contributed by atoms with van der Waals surface area (Å²) in [4.78, 5) is 3.93. The van der Waals surface area contributed by atoms with Crippen LogP contribution in [0.25, 0.3) is 0 Å². The highest BCUT2D eigenvalue weighted by Crippen LogP contribution is 2.22. The largest absolute Gasteiger partial charge is 0.336 e. The molecular weight excluding hydrogens is 264 g/mol. The molecule has 0 saturated heterocycles. The topological polar surface area (TPSA) is 90.0 Å². The van der Waals surface area contributed by atoms with Gasteiger partial charge < -0.3 is 10.3 Å². The maximum Gasteiger partial charge on any atom is 0.259 e. The minimum absolute atomic E-state index is 0.0921. The summed E-state index contributed by atoms with van der Waals surface area (Å²) < 4.78 is 28.5. The molecule has 2 rings (SSSR count). The van der Waals surface area contributed by atoms with Crippen molar-refractivity contribution in [3.63, 3.8) is 0 Å². The van der Waals surface area contributed by atoms with Crippen molar-refractivity contribution in [3.05, 3.63) is 12.5 Å². The van der Waals surface area contributed by atoms with Crippen molar-refractivity contribution in [3.8, 4) is 0 Å². The van der Waals surface area contributed by atoms with E-state index in [9.17, 15) is 8.42 Å². The van der Waals surface area contributed by atoms with Crippen LogP contribution in [-0.2, 0) is 16.6 Å². The van der Waals surface area contributed by atoms with Crippen LogP contribution in [0.15, 0.2) is 17.6 Å². The molecule has 1 heterocycles. The van der Waals surface area contributed by atoms with Gasteiger partial charge >= 0.3 is 0 Å². The number of nitrogens with one attached hydrogen (secondary N) is 1. The van der Waals surface area contributed by atoms with Gasteiger partial charge in [0.1, 0.15) is 0 Å². The lowest BCUT2D eigenvalue weighted by Gasteiger charge is -2.26. The molecule has 7 heteroatoms. The molecule has 1 fully saturated rings. The van der Waals surface area contributed by atoms with Gasteiger partial charge in [-0.05, 0) is 32.1 Å². The van der Waals surface area contributed by atoms with E-state index < -0.39 is 10.0 Å². The highest BCUT2D eigenvalue weighted by Gasteiger charge is 2.23. The third-order valence-electron chi connectivity index (χ3n) is 3.64. The van der Waals surface area contributed by atoms with Crippen LogP contribution >= 0.6 is 0 Å². The second-order valence-corrected chi connectivity index (χ2v) is 6.90. The summed E-state index contributed by atoms with van der Waals surface area (Å²) in [6.07, 6.45) is 7.15. The molecule has 2 unspecified atom stereocenters. The standard InChI is InChI=1S/C12H22N4O2S/c1-2-16-8-12(14-9-16)19(17,18)15-7-10-4-3-5-11(13)6-10/h8-11,15H,2-7,13H2,1H3. The average molecular weight is 286 g/mol. The normalized spacial score (nSPS) is 24.5. The van der Waals surface area contributed by atoms with Crippen LogP contribution in [0, 0.1) is 5.92 Å². The van der Waals surface area contributed by atoms with Crippen LogP contribution in [-0.4, -0.2) is 30.6 Å². The quantitative estimate of drug-likeness (QED) is 0.833. The zero-order valence-corrected chi connectivity index (χ0v) is 12.1. The summed E-state index contributed by atoms with van der Waals surface area (Å²) in [7, 11) is -3.49. The molecule has 2 atom stereocenters. The molecule has 1 aliphatic carbocycles. The van der Waals surface area contributed by atoms with Gasteiger partial charge in [-0.2, -0.15) is 0 Å². The van der Waals surface area contributed by atoms with Crippen molar-refractivity contribution in [2.75, 3.05) is 6.54 Å². The fraction of sp³-hybridized carbons (Fsp3) is 0.750. The smallest absolute Gasteiger partial charge is 0.259 e. The van der Waals surface area contributed by atoms with Crippen LogP contribution < -0.4 is 10.5 Å². The molecular formula is C12H22N4O2S. The van der Waals surface area contributed by atoms with Gasteiger partial charge in [0.25, 0.3) is 10.0 Å². The molecule has 1 aromatic rings. The van der Waals surface area contributed by atoms with E-state index in [-0.39, 0.29) is 11.1 Å². The maximum atomic E-state index is 12.1. The molecule has 6 nitrogen and oxygen atoms in total. The molecule has 1 saturated carbocycles. The molecule has 0 aliphatic heterocycles. The van der Waals surface area contributed by atoms with Crippen molar-refractivity contribution in [1.82, 2.24) is 14.3 Å². The van der Waals surface area contributed by atoms with Gasteiger partial charge in [-0.15, -0.1) is 0 Å². The average Bonchev–Trinajstić information content (AvgIpc) is 2.86. The number of imidazole rings is 1. The van der Waals surface area contributed by atoms with Crippen molar-refractivity contribution in [1.29, 1.82) is 0 Å². The summed E-state index contributed by atoms with van der Waals surface area (Å²) in [6, 6.07) is 0.211. The number of sulfonamides is 1. The number of nitrogens with two attached hydrogens (primary N) is 1. The van der Waals surface area contributed by atoms with Gasteiger partial charge in [-0.3, -0.25) is 0 Å². The highest BCUT2D eigenvalue weighted by molar-refractivity contribution is 7.89. The van der Waals surface area contributed by atoms with Gasteiger partial charge in [0.15, 0.2) is 5.03 Å². The Hall–Kier alpha value is -0.920. The zero-order chi connectivity index (χ0) is 13.9. The van der Waals surface area contributed by atoms with E-state index in [0.717, 1.165) is 25.7 Å². The first-order valence-electron chi connectivity index (χ1n) is 6.78. The molecule has 1 aliphatic rings. The third kappa shape index (κ3) is 3.77. The second-order valence-electron chi connectivity index (χ2n) is 5.19. The predicted octanol–water partition coefficient (Wildman–Crippen LogP) is 0.699. The number of aryl methyl sites for hydroxylation is 1. The summed E-state index contributed by atoms with van der Waals surface area (Å²) >= 11 is 0. The Balaban J connectivity index is 1.93. The van der Waals surface area contributed by atoms with Crippen LogP contribution in [0.3, 0.4) is 0 Å². The summed E-state index contributed by atoms with van der Waals surface area (Å²) in [5.41, 5.74) is 5.90. The van der Waals surface area contributed by atoms with Crippen molar-refractivity contribution >= 4 is 10.0 Å². The Morgan fingerprint density at radius 3 is 2.95 bits per heavy atom. The van der Waals surface area contributed by atoms with E-state index in [4.69, 9.17) is 5.73 Å². The number of aromatic nitrogens is 2. The van der Waals surface area contributed by atoms with Gasteiger partial charge in [0.05, 0.1) is 6.33 Å². The van der Waals surface area contributed by atoms with Crippen LogP contribution in [0.4, 0.5) is 0 Å². The molecule has 108 valence electrons. The Morgan fingerprint density at radius 1 is 1.53 bits per heavy atom. The second kappa shape index (κ2) is 6.02. The number of hydrogen-bond acceptors (Lipinski definition) is 4. The number of rotatable bonds is 5. The van der Waals surface area contributed by atoms with Gasteiger partial charge in [0, 0.05) is 25.3 Å². The molecule has 0 amide bonds. The van der Waals surface area contributed by atoms with Gasteiger partial charge in [0.2, 0.25) is 0 Å². The summed E-state index contributed by atoms with van der Waals surface area (Å²) in [6.45, 7) is 3.10. The van der Waals surface area contributed by atoms with Crippen LogP contribution in [0.2, 0.25) is 0 Å². The van der Waals surface area contributed by atoms with E-state index in [1.54, 1.807) is 10.8 Å². The minimum atomic E-state index is -3.49. The van der Waals surface area contributed by atoms with Gasteiger partial charge in [-0.1, -0.05) is 6.42 Å². The van der Waals surface area contributed by atoms with E-state index in [0.29, 0.717) is 19.0 Å². The van der Waals surface area contributed by atoms with E-state index >= 15 is 0 Å². The van der Waals surface area contributed by atoms with Crippen molar-refractivity contribution in [2.24, 2.45) is 11.7 Å². The van der Waals surface area contributed by atoms with Crippen LogP contribution in [0.5, 0.6) is 0 Å². The lowest BCUT2D eigenvalue weighted by molar-refractivity contribution is 0.322. The first kappa shape index (κ1) is 14.5. The number of hydrogen-bond donors (Lipinski definition) is 2. The van der Waals surface area contributed by atoms with Crippen molar-refractivity contribution in [2.45, 2.75) is 50.2 Å². The van der Waals surface area contributed by atoms with Crippen LogP contribution in [0.1, 0.15) is 32.6 Å². The van der Waals surface area contributed by atoms with Gasteiger partial charge in [-0.25, -0.2) is 18.1 Å². The fourth-order valence-corrected chi connectivity index (χ4v) is 3.53. The molecule has 3 N–H and O–H groups in total. The lowest BCUT2D eigenvalue weighted by Crippen LogP contribution is -2.35. The SMILES string of the molecule is CCn1cnc(S(=O)(=O)NCC2CCCC(N)C2)c1. The first-order valence-corrected chi connectivity index (χ1v) is 8.26. The van der Waals surface area contributed by atoms with Crippen molar-refractivity contribution < 1.29 is 8.42 Å². The molecule has 0 bridgehead atoms. The first-order chi connectivity index (χ1) is 9.01. The number of nitrogens with zero attached hydrogens (tertiary/aromatic N) is 2.